The van der Waals surface area contributed by atoms with Crippen LogP contribution >= 0.6 is 35.4 Å². The summed E-state index contributed by atoms with van der Waals surface area (Å²) in [5.74, 6) is 0.659. The Hall–Kier alpha value is -0.840. The lowest BCUT2D eigenvalue weighted by Gasteiger charge is -1.98. The van der Waals surface area contributed by atoms with Gasteiger partial charge < -0.3 is 0 Å². The van der Waals surface area contributed by atoms with Crippen molar-refractivity contribution < 1.29 is 0 Å². The fourth-order valence-corrected chi connectivity index (χ4v) is 1.88. The summed E-state index contributed by atoms with van der Waals surface area (Å²) in [7, 11) is 1.80. The van der Waals surface area contributed by atoms with Crippen LogP contribution in [0.5, 0.6) is 0 Å². The second-order valence-electron chi connectivity index (χ2n) is 3.07. The molecule has 2 aromatic rings. The van der Waals surface area contributed by atoms with Crippen LogP contribution < -0.4 is 0 Å². The van der Waals surface area contributed by atoms with Gasteiger partial charge >= 0.3 is 0 Å². The third kappa shape index (κ3) is 2.22. The molecule has 3 nitrogen and oxygen atoms in total. The topological polar surface area (TPSA) is 33.6 Å². The third-order valence-electron chi connectivity index (χ3n) is 1.90. The van der Waals surface area contributed by atoms with Crippen molar-refractivity contribution in [3.63, 3.8) is 0 Å². The van der Waals surface area contributed by atoms with Crippen LogP contribution in [0.2, 0.25) is 10.0 Å². The molecule has 0 bridgehead atoms. The highest BCUT2D eigenvalue weighted by Gasteiger charge is 2.05. The molecule has 1 heterocycles. The van der Waals surface area contributed by atoms with E-state index in [0.29, 0.717) is 20.6 Å². The van der Waals surface area contributed by atoms with Crippen LogP contribution in [-0.4, -0.2) is 14.8 Å². The minimum Gasteiger partial charge on any atom is -0.279 e. The first-order valence-corrected chi connectivity index (χ1v) is 5.32. The molecule has 0 atom stereocenters. The van der Waals surface area contributed by atoms with E-state index in [1.807, 2.05) is 0 Å². The first-order chi connectivity index (χ1) is 7.06. The molecule has 2 rings (SSSR count). The van der Waals surface area contributed by atoms with Crippen LogP contribution in [0.1, 0.15) is 0 Å². The molecule has 0 saturated carbocycles. The number of aromatic amines is 1. The number of benzene rings is 1. The molecule has 0 fully saturated rings. The van der Waals surface area contributed by atoms with E-state index in [2.05, 4.69) is 10.1 Å². The normalized spacial score (nSPS) is 10.6. The Morgan fingerprint density at radius 2 is 1.87 bits per heavy atom. The summed E-state index contributed by atoms with van der Waals surface area (Å²) in [6.07, 6.45) is 0. The van der Waals surface area contributed by atoms with E-state index < -0.39 is 0 Å². The summed E-state index contributed by atoms with van der Waals surface area (Å²) >= 11 is 16.8. The van der Waals surface area contributed by atoms with Crippen molar-refractivity contribution in [1.29, 1.82) is 0 Å². The summed E-state index contributed by atoms with van der Waals surface area (Å²) in [4.78, 5) is 4.17. The van der Waals surface area contributed by atoms with Crippen LogP contribution in [0.25, 0.3) is 11.4 Å². The van der Waals surface area contributed by atoms with Crippen molar-refractivity contribution in [1.82, 2.24) is 14.8 Å². The number of aromatic nitrogens is 3. The lowest BCUT2D eigenvalue weighted by atomic mass is 10.2. The zero-order valence-electron chi connectivity index (χ0n) is 7.79. The van der Waals surface area contributed by atoms with E-state index in [-0.39, 0.29) is 0 Å². The summed E-state index contributed by atoms with van der Waals surface area (Å²) in [5, 5.41) is 4.14. The van der Waals surface area contributed by atoms with Crippen molar-refractivity contribution in [3.8, 4) is 11.4 Å². The number of hydrogen-bond acceptors (Lipinski definition) is 2. The minimum absolute atomic E-state index is 0.487. The average Bonchev–Trinajstić information content (AvgIpc) is 2.45. The van der Waals surface area contributed by atoms with Gasteiger partial charge in [0.2, 0.25) is 4.77 Å². The van der Waals surface area contributed by atoms with E-state index in [1.165, 1.54) is 0 Å². The van der Waals surface area contributed by atoms with E-state index in [1.54, 1.807) is 29.9 Å². The summed E-state index contributed by atoms with van der Waals surface area (Å²) in [6.45, 7) is 0. The molecule has 1 aromatic carbocycles. The third-order valence-corrected chi connectivity index (χ3v) is 2.71. The molecule has 0 radical (unpaired) electrons. The smallest absolute Gasteiger partial charge is 0.216 e. The summed E-state index contributed by atoms with van der Waals surface area (Å²) < 4.78 is 2.14. The Bertz CT molecular complexity index is 538. The number of aryl methyl sites for hydroxylation is 1. The van der Waals surface area contributed by atoms with Gasteiger partial charge in [-0.3, -0.25) is 9.78 Å². The molecule has 1 N–H and O–H groups in total. The maximum Gasteiger partial charge on any atom is 0.216 e. The Labute approximate surface area is 102 Å². The number of rotatable bonds is 1. The highest BCUT2D eigenvalue weighted by molar-refractivity contribution is 7.71. The van der Waals surface area contributed by atoms with Crippen LogP contribution in [0.4, 0.5) is 0 Å². The predicted octanol–water partition coefficient (Wildman–Crippen LogP) is 3.45. The lowest BCUT2D eigenvalue weighted by molar-refractivity contribution is 0.756. The first-order valence-electron chi connectivity index (χ1n) is 4.16. The molecule has 15 heavy (non-hydrogen) atoms. The van der Waals surface area contributed by atoms with Crippen molar-refractivity contribution >= 4 is 35.4 Å². The Balaban J connectivity index is 2.58. The van der Waals surface area contributed by atoms with Gasteiger partial charge in [0.15, 0.2) is 5.82 Å². The Morgan fingerprint density at radius 1 is 1.27 bits per heavy atom. The van der Waals surface area contributed by atoms with Gasteiger partial charge in [0.1, 0.15) is 0 Å². The van der Waals surface area contributed by atoms with E-state index in [9.17, 15) is 0 Å². The van der Waals surface area contributed by atoms with Crippen molar-refractivity contribution in [2.24, 2.45) is 7.05 Å². The highest BCUT2D eigenvalue weighted by Crippen LogP contribution is 2.24. The van der Waals surface area contributed by atoms with Crippen molar-refractivity contribution in [2.75, 3.05) is 0 Å². The predicted molar refractivity (Wildman–Crippen MR) is 63.8 cm³/mol. The molecule has 0 aliphatic rings. The van der Waals surface area contributed by atoms with Gasteiger partial charge in [0, 0.05) is 22.7 Å². The molecular formula is C9H7Cl2N3S. The Morgan fingerprint density at radius 3 is 2.33 bits per heavy atom. The van der Waals surface area contributed by atoms with Gasteiger partial charge in [-0.1, -0.05) is 23.2 Å². The van der Waals surface area contributed by atoms with Crippen LogP contribution in [0.15, 0.2) is 18.2 Å². The van der Waals surface area contributed by atoms with Gasteiger partial charge in [-0.05, 0) is 30.4 Å². The van der Waals surface area contributed by atoms with Gasteiger partial charge in [-0.25, -0.2) is 0 Å². The largest absolute Gasteiger partial charge is 0.279 e. The maximum atomic E-state index is 5.89. The van der Waals surface area contributed by atoms with Crippen molar-refractivity contribution in [2.45, 2.75) is 0 Å². The number of H-pyrrole nitrogens is 1. The van der Waals surface area contributed by atoms with E-state index >= 15 is 0 Å². The number of hydrogen-bond donors (Lipinski definition) is 1. The molecular weight excluding hydrogens is 253 g/mol. The molecule has 0 aliphatic carbocycles. The average molecular weight is 260 g/mol. The van der Waals surface area contributed by atoms with Gasteiger partial charge in [-0.2, -0.15) is 4.98 Å². The molecule has 1 aromatic heterocycles. The molecule has 0 unspecified atom stereocenters. The molecule has 0 aliphatic heterocycles. The second-order valence-corrected chi connectivity index (χ2v) is 4.31. The fourth-order valence-electron chi connectivity index (χ4n) is 1.22. The van der Waals surface area contributed by atoms with Gasteiger partial charge in [-0.15, -0.1) is 0 Å². The van der Waals surface area contributed by atoms with E-state index in [4.69, 9.17) is 35.4 Å². The Kier molecular flexibility index (Phi) is 2.82. The number of nitrogens with zero attached hydrogens (tertiary/aromatic N) is 2. The zero-order valence-corrected chi connectivity index (χ0v) is 10.1. The quantitative estimate of drug-likeness (QED) is 0.797. The standard InChI is InChI=1S/C9H7Cl2N3S/c1-14-9(15)12-8(13-14)5-2-6(10)4-7(11)3-5/h2-4H,1H3,(H,12,13,15). The molecule has 6 heteroatoms. The zero-order chi connectivity index (χ0) is 11.0. The van der Waals surface area contributed by atoms with Gasteiger partial charge in [0.05, 0.1) is 0 Å². The van der Waals surface area contributed by atoms with Crippen molar-refractivity contribution in [3.05, 3.63) is 33.0 Å². The maximum absolute atomic E-state index is 5.89. The molecule has 0 amide bonds. The summed E-state index contributed by atoms with van der Waals surface area (Å²) in [5.41, 5.74) is 0.819. The van der Waals surface area contributed by atoms with Crippen LogP contribution in [0, 0.1) is 4.77 Å². The summed E-state index contributed by atoms with van der Waals surface area (Å²) in [6, 6.07) is 5.23. The lowest BCUT2D eigenvalue weighted by Crippen LogP contribution is -1.89. The second kappa shape index (κ2) is 3.96. The van der Waals surface area contributed by atoms with Crippen LogP contribution in [-0.2, 0) is 7.05 Å². The first kappa shape index (κ1) is 10.7. The minimum atomic E-state index is 0.487. The van der Waals surface area contributed by atoms with Gasteiger partial charge in [0.25, 0.3) is 0 Å². The molecule has 0 spiro atoms. The van der Waals surface area contributed by atoms with Crippen LogP contribution in [0.3, 0.4) is 0 Å². The van der Waals surface area contributed by atoms with E-state index in [0.717, 1.165) is 5.56 Å². The monoisotopic (exact) mass is 259 g/mol. The number of halogens is 2. The fraction of sp³-hybridized carbons (Fsp3) is 0.111. The molecule has 78 valence electrons. The SMILES string of the molecule is Cn1[nH]c(-c2cc(Cl)cc(Cl)c2)nc1=S. The number of nitrogens with one attached hydrogen (secondary N) is 1. The molecule has 0 saturated heterocycles. The highest BCUT2D eigenvalue weighted by atomic mass is 35.5.